The Morgan fingerprint density at radius 3 is 2.57 bits per heavy atom. The Hall–Kier alpha value is -3.46. The third kappa shape index (κ3) is 2.98. The standard InChI is InChI=1S/C21H14F2N2O4S/c22-13-2-3-15(14(23)10-13)25-20(26)19-16(5-8-30-19)24(21(25)27)11-12-1-4-17-18(9-12)29-7-6-28-17/h1-5,8-10H,6-7,11H2. The van der Waals surface area contributed by atoms with E-state index in [2.05, 4.69) is 0 Å². The first-order valence-corrected chi connectivity index (χ1v) is 9.98. The van der Waals surface area contributed by atoms with Gasteiger partial charge in [0.1, 0.15) is 29.5 Å². The summed E-state index contributed by atoms with van der Waals surface area (Å²) in [7, 11) is 0. The molecule has 0 amide bonds. The molecule has 4 aromatic rings. The molecule has 0 saturated carbocycles. The zero-order valence-electron chi connectivity index (χ0n) is 15.4. The molecule has 0 spiro atoms. The predicted molar refractivity (Wildman–Crippen MR) is 108 cm³/mol. The maximum Gasteiger partial charge on any atom is 0.336 e. The first kappa shape index (κ1) is 18.6. The van der Waals surface area contributed by atoms with Crippen LogP contribution in [0, 0.1) is 11.6 Å². The maximum atomic E-state index is 14.4. The number of aromatic nitrogens is 2. The summed E-state index contributed by atoms with van der Waals surface area (Å²) >= 11 is 1.15. The first-order valence-electron chi connectivity index (χ1n) is 9.10. The van der Waals surface area contributed by atoms with Crippen LogP contribution < -0.4 is 20.7 Å². The number of nitrogens with zero attached hydrogens (tertiary/aromatic N) is 2. The quantitative estimate of drug-likeness (QED) is 0.502. The largest absolute Gasteiger partial charge is 0.486 e. The third-order valence-electron chi connectivity index (χ3n) is 4.85. The van der Waals surface area contributed by atoms with Crippen LogP contribution >= 0.6 is 11.3 Å². The van der Waals surface area contributed by atoms with Gasteiger partial charge in [-0.3, -0.25) is 9.36 Å². The molecule has 0 unspecified atom stereocenters. The molecule has 0 N–H and O–H groups in total. The Kier molecular flexibility index (Phi) is 4.39. The average Bonchev–Trinajstić information content (AvgIpc) is 3.23. The first-order chi connectivity index (χ1) is 14.5. The number of ether oxygens (including phenoxy) is 2. The van der Waals surface area contributed by atoms with Crippen molar-refractivity contribution in [1.29, 1.82) is 0 Å². The smallest absolute Gasteiger partial charge is 0.336 e. The number of hydrogen-bond acceptors (Lipinski definition) is 5. The summed E-state index contributed by atoms with van der Waals surface area (Å²) in [6.45, 7) is 1.03. The van der Waals surface area contributed by atoms with Gasteiger partial charge in [-0.25, -0.2) is 18.1 Å². The Morgan fingerprint density at radius 1 is 0.967 bits per heavy atom. The van der Waals surface area contributed by atoms with Gasteiger partial charge in [-0.15, -0.1) is 11.3 Å². The molecule has 1 aliphatic heterocycles. The summed E-state index contributed by atoms with van der Waals surface area (Å²) in [5.41, 5.74) is -0.458. The molecule has 30 heavy (non-hydrogen) atoms. The van der Waals surface area contributed by atoms with E-state index < -0.39 is 22.9 Å². The highest BCUT2D eigenvalue weighted by Gasteiger charge is 2.19. The van der Waals surface area contributed by atoms with E-state index in [0.29, 0.717) is 41.0 Å². The van der Waals surface area contributed by atoms with Gasteiger partial charge in [-0.05, 0) is 41.3 Å². The van der Waals surface area contributed by atoms with E-state index in [-0.39, 0.29) is 12.2 Å². The van der Waals surface area contributed by atoms with Crippen molar-refractivity contribution in [3.63, 3.8) is 0 Å². The van der Waals surface area contributed by atoms with Gasteiger partial charge in [-0.1, -0.05) is 6.07 Å². The highest BCUT2D eigenvalue weighted by molar-refractivity contribution is 7.17. The van der Waals surface area contributed by atoms with Crippen LogP contribution in [0.5, 0.6) is 11.5 Å². The summed E-state index contributed by atoms with van der Waals surface area (Å²) in [6, 6.07) is 9.74. The van der Waals surface area contributed by atoms with Crippen molar-refractivity contribution in [2.75, 3.05) is 13.2 Å². The lowest BCUT2D eigenvalue weighted by atomic mass is 10.2. The molecular formula is C21H14F2N2O4S. The van der Waals surface area contributed by atoms with E-state index in [1.165, 1.54) is 4.57 Å². The molecule has 0 aliphatic carbocycles. The molecule has 9 heteroatoms. The van der Waals surface area contributed by atoms with E-state index in [1.54, 1.807) is 29.6 Å². The van der Waals surface area contributed by atoms with Gasteiger partial charge < -0.3 is 9.47 Å². The van der Waals surface area contributed by atoms with Crippen LogP contribution in [-0.2, 0) is 6.54 Å². The summed E-state index contributed by atoms with van der Waals surface area (Å²) in [5.74, 6) is -0.586. The van der Waals surface area contributed by atoms with Crippen molar-refractivity contribution in [3.8, 4) is 17.2 Å². The Morgan fingerprint density at radius 2 is 1.77 bits per heavy atom. The van der Waals surface area contributed by atoms with Crippen molar-refractivity contribution < 1.29 is 18.3 Å². The minimum Gasteiger partial charge on any atom is -0.486 e. The molecule has 6 nitrogen and oxygen atoms in total. The number of benzene rings is 2. The SMILES string of the molecule is O=c1c2sccc2n(Cc2ccc3c(c2)OCCO3)c(=O)n1-c1ccc(F)cc1F. The van der Waals surface area contributed by atoms with E-state index in [1.807, 2.05) is 0 Å². The molecule has 0 saturated heterocycles. The van der Waals surface area contributed by atoms with Crippen molar-refractivity contribution in [2.24, 2.45) is 0 Å². The fourth-order valence-electron chi connectivity index (χ4n) is 3.48. The van der Waals surface area contributed by atoms with Crippen LogP contribution in [0.2, 0.25) is 0 Å². The molecule has 0 bridgehead atoms. The molecule has 2 aromatic carbocycles. The third-order valence-corrected chi connectivity index (χ3v) is 5.74. The van der Waals surface area contributed by atoms with Crippen molar-refractivity contribution in [2.45, 2.75) is 6.54 Å². The minimum atomic E-state index is -0.990. The fourth-order valence-corrected chi connectivity index (χ4v) is 4.31. The molecule has 3 heterocycles. The van der Waals surface area contributed by atoms with Gasteiger partial charge in [0.25, 0.3) is 5.56 Å². The monoisotopic (exact) mass is 428 g/mol. The van der Waals surface area contributed by atoms with Gasteiger partial charge in [-0.2, -0.15) is 0 Å². The minimum absolute atomic E-state index is 0.131. The lowest BCUT2D eigenvalue weighted by Gasteiger charge is -2.19. The second kappa shape index (κ2) is 7.10. The predicted octanol–water partition coefficient (Wildman–Crippen LogP) is 3.31. The van der Waals surface area contributed by atoms with Crippen LogP contribution in [0.25, 0.3) is 15.9 Å². The highest BCUT2D eigenvalue weighted by Crippen LogP contribution is 2.31. The number of halogens is 2. The fraction of sp³-hybridized carbons (Fsp3) is 0.143. The van der Waals surface area contributed by atoms with Crippen LogP contribution in [0.15, 0.2) is 57.4 Å². The van der Waals surface area contributed by atoms with E-state index >= 15 is 0 Å². The van der Waals surface area contributed by atoms with Crippen molar-refractivity contribution >= 4 is 21.6 Å². The lowest BCUT2D eigenvalue weighted by molar-refractivity contribution is 0.171. The Balaban J connectivity index is 1.70. The molecule has 0 atom stereocenters. The highest BCUT2D eigenvalue weighted by atomic mass is 32.1. The number of thiophene rings is 1. The topological polar surface area (TPSA) is 62.5 Å². The second-order valence-electron chi connectivity index (χ2n) is 6.72. The lowest BCUT2D eigenvalue weighted by Crippen LogP contribution is -2.39. The molecule has 2 aromatic heterocycles. The molecule has 5 rings (SSSR count). The number of fused-ring (bicyclic) bond motifs is 2. The van der Waals surface area contributed by atoms with Gasteiger partial charge in [0.15, 0.2) is 11.5 Å². The number of hydrogen-bond donors (Lipinski definition) is 0. The van der Waals surface area contributed by atoms with E-state index in [0.717, 1.165) is 33.6 Å². The van der Waals surface area contributed by atoms with Crippen LogP contribution in [0.1, 0.15) is 5.56 Å². The Labute approximate surface area is 172 Å². The maximum absolute atomic E-state index is 14.4. The van der Waals surface area contributed by atoms with Gasteiger partial charge in [0.2, 0.25) is 0 Å². The normalized spacial score (nSPS) is 13.0. The van der Waals surface area contributed by atoms with Gasteiger partial charge >= 0.3 is 5.69 Å². The summed E-state index contributed by atoms with van der Waals surface area (Å²) < 4.78 is 41.3. The summed E-state index contributed by atoms with van der Waals surface area (Å²) in [6.07, 6.45) is 0. The van der Waals surface area contributed by atoms with E-state index in [4.69, 9.17) is 9.47 Å². The van der Waals surface area contributed by atoms with Gasteiger partial charge in [0.05, 0.1) is 17.7 Å². The number of rotatable bonds is 3. The molecule has 0 radical (unpaired) electrons. The van der Waals surface area contributed by atoms with Crippen molar-refractivity contribution in [1.82, 2.24) is 9.13 Å². The van der Waals surface area contributed by atoms with Crippen LogP contribution in [0.3, 0.4) is 0 Å². The summed E-state index contributed by atoms with van der Waals surface area (Å²) in [4.78, 5) is 26.2. The zero-order valence-corrected chi connectivity index (χ0v) is 16.2. The second-order valence-corrected chi connectivity index (χ2v) is 7.63. The van der Waals surface area contributed by atoms with Crippen LogP contribution in [0.4, 0.5) is 8.78 Å². The molecule has 1 aliphatic rings. The van der Waals surface area contributed by atoms with Crippen LogP contribution in [-0.4, -0.2) is 22.3 Å². The molecule has 152 valence electrons. The zero-order chi connectivity index (χ0) is 20.8. The van der Waals surface area contributed by atoms with Crippen molar-refractivity contribution in [3.05, 3.63) is 85.9 Å². The molecular weight excluding hydrogens is 414 g/mol. The average molecular weight is 428 g/mol. The molecule has 0 fully saturated rings. The summed E-state index contributed by atoms with van der Waals surface area (Å²) in [5, 5.41) is 1.69. The Bertz CT molecular complexity index is 1410. The van der Waals surface area contributed by atoms with Gasteiger partial charge in [0, 0.05) is 6.07 Å². The van der Waals surface area contributed by atoms with E-state index in [9.17, 15) is 18.4 Å².